The third-order valence-corrected chi connectivity index (χ3v) is 4.32. The monoisotopic (exact) mass is 340 g/mol. The molecule has 0 radical (unpaired) electrons. The summed E-state index contributed by atoms with van der Waals surface area (Å²) >= 11 is 9.24. The van der Waals surface area contributed by atoms with E-state index in [1.165, 1.54) is 11.6 Å². The third kappa shape index (κ3) is 4.32. The number of halogens is 3. The first kappa shape index (κ1) is 14.5. The molecule has 19 heavy (non-hydrogen) atoms. The second-order valence-corrected chi connectivity index (χ2v) is 5.72. The average molecular weight is 342 g/mol. The summed E-state index contributed by atoms with van der Waals surface area (Å²) in [7, 11) is 0. The highest BCUT2D eigenvalue weighted by molar-refractivity contribution is 9.09. The number of alkyl halides is 1. The van der Waals surface area contributed by atoms with Crippen LogP contribution in [-0.4, -0.2) is 5.33 Å². The Balaban J connectivity index is 2.04. The highest BCUT2D eigenvalue weighted by Crippen LogP contribution is 2.20. The Labute approximate surface area is 126 Å². The van der Waals surface area contributed by atoms with Gasteiger partial charge in [-0.2, -0.15) is 0 Å². The van der Waals surface area contributed by atoms with E-state index in [9.17, 15) is 4.39 Å². The quantitative estimate of drug-likeness (QED) is 0.649. The average Bonchev–Trinajstić information content (AvgIpc) is 2.43. The van der Waals surface area contributed by atoms with Crippen molar-refractivity contribution in [2.45, 2.75) is 12.8 Å². The normalized spacial score (nSPS) is 12.4. The molecule has 0 saturated carbocycles. The molecular formula is C16H15BrClF. The van der Waals surface area contributed by atoms with Crippen LogP contribution in [0.2, 0.25) is 5.02 Å². The van der Waals surface area contributed by atoms with E-state index in [0.29, 0.717) is 5.92 Å². The van der Waals surface area contributed by atoms with Crippen molar-refractivity contribution in [1.29, 1.82) is 0 Å². The van der Waals surface area contributed by atoms with E-state index in [1.807, 2.05) is 24.3 Å². The molecule has 0 amide bonds. The van der Waals surface area contributed by atoms with Crippen LogP contribution in [0.5, 0.6) is 0 Å². The van der Waals surface area contributed by atoms with Crippen LogP contribution < -0.4 is 0 Å². The van der Waals surface area contributed by atoms with Gasteiger partial charge in [-0.25, -0.2) is 4.39 Å². The Morgan fingerprint density at radius 1 is 1.00 bits per heavy atom. The maximum absolute atomic E-state index is 13.4. The van der Waals surface area contributed by atoms with E-state index in [1.54, 1.807) is 6.07 Å². The largest absolute Gasteiger partial charge is 0.205 e. The number of hydrogen-bond acceptors (Lipinski definition) is 0. The molecule has 0 saturated heterocycles. The Kier molecular flexibility index (Phi) is 5.41. The van der Waals surface area contributed by atoms with Crippen molar-refractivity contribution in [3.05, 3.63) is 70.5 Å². The topological polar surface area (TPSA) is 0 Å². The third-order valence-electron chi connectivity index (χ3n) is 3.09. The molecule has 100 valence electrons. The van der Waals surface area contributed by atoms with E-state index < -0.39 is 0 Å². The highest BCUT2D eigenvalue weighted by Gasteiger charge is 2.11. The van der Waals surface area contributed by atoms with Crippen molar-refractivity contribution >= 4 is 27.5 Å². The van der Waals surface area contributed by atoms with E-state index in [2.05, 4.69) is 28.1 Å². The molecule has 0 aliphatic carbocycles. The van der Waals surface area contributed by atoms with Gasteiger partial charge in [0.1, 0.15) is 5.82 Å². The maximum Gasteiger partial charge on any atom is 0.142 e. The minimum Gasteiger partial charge on any atom is -0.205 e. The summed E-state index contributed by atoms with van der Waals surface area (Å²) < 4.78 is 13.4. The smallest absolute Gasteiger partial charge is 0.142 e. The predicted molar refractivity (Wildman–Crippen MR) is 82.5 cm³/mol. The summed E-state index contributed by atoms with van der Waals surface area (Å²) in [5.74, 6) is 0.107. The molecule has 0 fully saturated rings. The standard InChI is InChI=1S/C16H15BrClF/c17-11-14(8-12-4-2-1-3-5-12)9-13-6-7-15(18)16(19)10-13/h1-7,10,14H,8-9,11H2. The molecule has 0 bridgehead atoms. The Hall–Kier alpha value is -0.860. The molecule has 2 rings (SSSR count). The summed E-state index contributed by atoms with van der Waals surface area (Å²) in [4.78, 5) is 0. The van der Waals surface area contributed by atoms with E-state index in [4.69, 9.17) is 11.6 Å². The predicted octanol–water partition coefficient (Wildman–Crippen LogP) is 5.28. The lowest BCUT2D eigenvalue weighted by Crippen LogP contribution is -2.10. The van der Waals surface area contributed by atoms with Crippen molar-refractivity contribution < 1.29 is 4.39 Å². The molecule has 2 aromatic carbocycles. The molecular weight excluding hydrogens is 327 g/mol. The number of rotatable bonds is 5. The molecule has 1 atom stereocenters. The van der Waals surface area contributed by atoms with Gasteiger partial charge in [-0.05, 0) is 42.0 Å². The van der Waals surface area contributed by atoms with Gasteiger partial charge in [-0.1, -0.05) is 63.9 Å². The highest BCUT2D eigenvalue weighted by atomic mass is 79.9. The van der Waals surface area contributed by atoms with Crippen LogP contribution in [0.4, 0.5) is 4.39 Å². The molecule has 1 unspecified atom stereocenters. The van der Waals surface area contributed by atoms with Gasteiger partial charge in [0.2, 0.25) is 0 Å². The number of hydrogen-bond donors (Lipinski definition) is 0. The minimum absolute atomic E-state index is 0.183. The van der Waals surface area contributed by atoms with Crippen molar-refractivity contribution in [1.82, 2.24) is 0 Å². The molecule has 0 aliphatic rings. The summed E-state index contributed by atoms with van der Waals surface area (Å²) in [6.45, 7) is 0. The maximum atomic E-state index is 13.4. The van der Waals surface area contributed by atoms with Gasteiger partial charge >= 0.3 is 0 Å². The second kappa shape index (κ2) is 7.06. The lowest BCUT2D eigenvalue weighted by atomic mass is 9.94. The first-order valence-corrected chi connectivity index (χ1v) is 7.73. The van der Waals surface area contributed by atoms with Crippen LogP contribution in [-0.2, 0) is 12.8 Å². The Bertz CT molecular complexity index is 528. The van der Waals surface area contributed by atoms with Gasteiger partial charge in [0.15, 0.2) is 0 Å². The second-order valence-electron chi connectivity index (χ2n) is 4.66. The zero-order valence-corrected chi connectivity index (χ0v) is 12.8. The van der Waals surface area contributed by atoms with Crippen LogP contribution in [0, 0.1) is 11.7 Å². The zero-order valence-electron chi connectivity index (χ0n) is 10.5. The van der Waals surface area contributed by atoms with Crippen LogP contribution in [0.25, 0.3) is 0 Å². The van der Waals surface area contributed by atoms with E-state index >= 15 is 0 Å². The van der Waals surface area contributed by atoms with Gasteiger partial charge in [0, 0.05) is 5.33 Å². The van der Waals surface area contributed by atoms with Gasteiger partial charge in [-0.15, -0.1) is 0 Å². The SMILES string of the molecule is Fc1cc(CC(CBr)Cc2ccccc2)ccc1Cl. The van der Waals surface area contributed by atoms with Crippen LogP contribution in [0.1, 0.15) is 11.1 Å². The first-order valence-electron chi connectivity index (χ1n) is 6.23. The van der Waals surface area contributed by atoms with Crippen LogP contribution in [0.15, 0.2) is 48.5 Å². The molecule has 0 spiro atoms. The Morgan fingerprint density at radius 2 is 1.68 bits per heavy atom. The van der Waals surface area contributed by atoms with Crippen LogP contribution >= 0.6 is 27.5 Å². The van der Waals surface area contributed by atoms with Gasteiger partial charge < -0.3 is 0 Å². The number of benzene rings is 2. The molecule has 0 aliphatic heterocycles. The molecule has 0 nitrogen and oxygen atoms in total. The fourth-order valence-corrected chi connectivity index (χ4v) is 2.70. The Morgan fingerprint density at radius 3 is 2.32 bits per heavy atom. The minimum atomic E-state index is -0.341. The molecule has 0 aromatic heterocycles. The van der Waals surface area contributed by atoms with E-state index in [0.717, 1.165) is 23.7 Å². The molecule has 2 aromatic rings. The summed E-state index contributed by atoms with van der Waals surface area (Å²) in [5, 5.41) is 1.08. The summed E-state index contributed by atoms with van der Waals surface area (Å²) in [6, 6.07) is 15.4. The zero-order chi connectivity index (χ0) is 13.7. The van der Waals surface area contributed by atoms with Crippen molar-refractivity contribution in [2.75, 3.05) is 5.33 Å². The van der Waals surface area contributed by atoms with Gasteiger partial charge in [0.25, 0.3) is 0 Å². The van der Waals surface area contributed by atoms with Crippen molar-refractivity contribution in [2.24, 2.45) is 5.92 Å². The molecule has 0 N–H and O–H groups in total. The van der Waals surface area contributed by atoms with Gasteiger partial charge in [0.05, 0.1) is 5.02 Å². The first-order chi connectivity index (χ1) is 9.19. The summed E-state index contributed by atoms with van der Waals surface area (Å²) in [5.41, 5.74) is 2.30. The fourth-order valence-electron chi connectivity index (χ4n) is 2.13. The van der Waals surface area contributed by atoms with Gasteiger partial charge in [-0.3, -0.25) is 0 Å². The lowest BCUT2D eigenvalue weighted by Gasteiger charge is -2.14. The van der Waals surface area contributed by atoms with Crippen molar-refractivity contribution in [3.63, 3.8) is 0 Å². The summed E-state index contributed by atoms with van der Waals surface area (Å²) in [6.07, 6.45) is 1.82. The lowest BCUT2D eigenvalue weighted by molar-refractivity contribution is 0.582. The molecule has 3 heteroatoms. The van der Waals surface area contributed by atoms with Crippen LogP contribution in [0.3, 0.4) is 0 Å². The van der Waals surface area contributed by atoms with E-state index in [-0.39, 0.29) is 10.8 Å². The fraction of sp³-hybridized carbons (Fsp3) is 0.250. The molecule has 0 heterocycles. The van der Waals surface area contributed by atoms with Crippen molar-refractivity contribution in [3.8, 4) is 0 Å².